The highest BCUT2D eigenvalue weighted by molar-refractivity contribution is 5.87. The fourth-order valence-corrected chi connectivity index (χ4v) is 2.14. The summed E-state index contributed by atoms with van der Waals surface area (Å²) in [5, 5.41) is 10.6. The molecule has 0 saturated carbocycles. The van der Waals surface area contributed by atoms with Crippen molar-refractivity contribution in [1.29, 1.82) is 0 Å². The summed E-state index contributed by atoms with van der Waals surface area (Å²) < 4.78 is 9.89. The number of hydrogen-bond donors (Lipinski definition) is 1. The van der Waals surface area contributed by atoms with Crippen LogP contribution < -0.4 is 0 Å². The van der Waals surface area contributed by atoms with Crippen molar-refractivity contribution in [3.63, 3.8) is 0 Å². The van der Waals surface area contributed by atoms with E-state index in [-0.39, 0.29) is 19.6 Å². The molecule has 0 aromatic carbocycles. The molecular formula is C14H26O5. The van der Waals surface area contributed by atoms with Gasteiger partial charge in [-0.1, -0.05) is 26.7 Å². The van der Waals surface area contributed by atoms with Crippen LogP contribution in [0, 0.1) is 5.92 Å². The Hall–Kier alpha value is -1.10. The SMILES string of the molecule is CCCC(C(=O)OCC)C(O)(CCC)C(=O)OCC. The van der Waals surface area contributed by atoms with Gasteiger partial charge in [0.1, 0.15) is 0 Å². The van der Waals surface area contributed by atoms with Gasteiger partial charge in [-0.15, -0.1) is 0 Å². The molecule has 0 aliphatic heterocycles. The maximum absolute atomic E-state index is 12.0. The highest BCUT2D eigenvalue weighted by Crippen LogP contribution is 2.30. The average molecular weight is 274 g/mol. The standard InChI is InChI=1S/C14H26O5/c1-5-9-11(12(15)18-7-3)14(17,10-6-2)13(16)19-8-4/h11,17H,5-10H2,1-4H3. The molecule has 1 N–H and O–H groups in total. The van der Waals surface area contributed by atoms with Gasteiger partial charge in [0.25, 0.3) is 0 Å². The minimum absolute atomic E-state index is 0.173. The highest BCUT2D eigenvalue weighted by Gasteiger charge is 2.48. The molecule has 2 unspecified atom stereocenters. The van der Waals surface area contributed by atoms with Gasteiger partial charge in [-0.3, -0.25) is 4.79 Å². The molecule has 0 amide bonds. The summed E-state index contributed by atoms with van der Waals surface area (Å²) in [5.41, 5.74) is -1.78. The first kappa shape index (κ1) is 17.9. The van der Waals surface area contributed by atoms with Gasteiger partial charge < -0.3 is 14.6 Å². The Kier molecular flexibility index (Phi) is 8.39. The number of esters is 2. The normalized spacial score (nSPS) is 15.4. The van der Waals surface area contributed by atoms with E-state index in [9.17, 15) is 14.7 Å². The second kappa shape index (κ2) is 8.91. The predicted octanol–water partition coefficient (Wildman–Crippen LogP) is 2.06. The third kappa shape index (κ3) is 4.82. The third-order valence-electron chi connectivity index (χ3n) is 2.98. The number of carbonyl (C=O) groups excluding carboxylic acids is 2. The Morgan fingerprint density at radius 2 is 1.63 bits per heavy atom. The van der Waals surface area contributed by atoms with Crippen LogP contribution >= 0.6 is 0 Å². The molecule has 112 valence electrons. The number of carbonyl (C=O) groups is 2. The predicted molar refractivity (Wildman–Crippen MR) is 71.5 cm³/mol. The summed E-state index contributed by atoms with van der Waals surface area (Å²) in [6, 6.07) is 0. The summed E-state index contributed by atoms with van der Waals surface area (Å²) in [7, 11) is 0. The van der Waals surface area contributed by atoms with Crippen molar-refractivity contribution in [2.24, 2.45) is 5.92 Å². The summed E-state index contributed by atoms with van der Waals surface area (Å²) in [5.74, 6) is -2.13. The lowest BCUT2D eigenvalue weighted by Gasteiger charge is -2.32. The van der Waals surface area contributed by atoms with Gasteiger partial charge in [-0.25, -0.2) is 4.79 Å². The average Bonchev–Trinajstić information content (AvgIpc) is 2.36. The van der Waals surface area contributed by atoms with Crippen molar-refractivity contribution >= 4 is 11.9 Å². The minimum Gasteiger partial charge on any atom is -0.466 e. The van der Waals surface area contributed by atoms with Crippen molar-refractivity contribution < 1.29 is 24.2 Å². The zero-order valence-electron chi connectivity index (χ0n) is 12.4. The molecule has 0 saturated heterocycles. The molecule has 2 atom stereocenters. The molecule has 5 nitrogen and oxygen atoms in total. The van der Waals surface area contributed by atoms with Crippen LogP contribution in [0.3, 0.4) is 0 Å². The van der Waals surface area contributed by atoms with Gasteiger partial charge in [0, 0.05) is 0 Å². The van der Waals surface area contributed by atoms with E-state index >= 15 is 0 Å². The van der Waals surface area contributed by atoms with Gasteiger partial charge in [0.15, 0.2) is 5.60 Å². The molecule has 19 heavy (non-hydrogen) atoms. The van der Waals surface area contributed by atoms with E-state index in [4.69, 9.17) is 9.47 Å². The topological polar surface area (TPSA) is 72.8 Å². The molecule has 0 aliphatic rings. The lowest BCUT2D eigenvalue weighted by molar-refractivity contribution is -0.182. The van der Waals surface area contributed by atoms with Crippen LogP contribution in [-0.4, -0.2) is 35.9 Å². The first-order valence-corrected chi connectivity index (χ1v) is 7.04. The lowest BCUT2D eigenvalue weighted by Crippen LogP contribution is -2.50. The fraction of sp³-hybridized carbons (Fsp3) is 0.857. The molecule has 0 aromatic rings. The molecule has 5 heteroatoms. The summed E-state index contributed by atoms with van der Waals surface area (Å²) in [6.45, 7) is 7.51. The number of rotatable bonds is 9. The van der Waals surface area contributed by atoms with Crippen LogP contribution in [0.5, 0.6) is 0 Å². The number of aliphatic hydroxyl groups is 1. The van der Waals surface area contributed by atoms with Crippen LogP contribution in [-0.2, 0) is 19.1 Å². The molecule has 0 spiro atoms. The lowest BCUT2D eigenvalue weighted by atomic mass is 9.80. The van der Waals surface area contributed by atoms with Crippen molar-refractivity contribution in [2.75, 3.05) is 13.2 Å². The van der Waals surface area contributed by atoms with Crippen molar-refractivity contribution in [1.82, 2.24) is 0 Å². The van der Waals surface area contributed by atoms with Gasteiger partial charge in [0.05, 0.1) is 19.1 Å². The Morgan fingerprint density at radius 3 is 2.05 bits per heavy atom. The number of ether oxygens (including phenoxy) is 2. The summed E-state index contributed by atoms with van der Waals surface area (Å²) >= 11 is 0. The second-order valence-electron chi connectivity index (χ2n) is 4.49. The van der Waals surface area contributed by atoms with Crippen LogP contribution in [0.25, 0.3) is 0 Å². The van der Waals surface area contributed by atoms with Crippen molar-refractivity contribution in [3.8, 4) is 0 Å². The summed E-state index contributed by atoms with van der Waals surface area (Å²) in [4.78, 5) is 24.0. The van der Waals surface area contributed by atoms with Gasteiger partial charge in [-0.05, 0) is 26.7 Å². The van der Waals surface area contributed by atoms with Gasteiger partial charge in [-0.2, -0.15) is 0 Å². The second-order valence-corrected chi connectivity index (χ2v) is 4.49. The van der Waals surface area contributed by atoms with Gasteiger partial charge in [0.2, 0.25) is 0 Å². The Morgan fingerprint density at radius 1 is 1.05 bits per heavy atom. The molecule has 0 heterocycles. The maximum atomic E-state index is 12.0. The molecule has 0 aromatic heterocycles. The third-order valence-corrected chi connectivity index (χ3v) is 2.98. The molecular weight excluding hydrogens is 248 g/mol. The molecule has 0 radical (unpaired) electrons. The van der Waals surface area contributed by atoms with Crippen LogP contribution in [0.4, 0.5) is 0 Å². The minimum atomic E-state index is -1.78. The van der Waals surface area contributed by atoms with Crippen molar-refractivity contribution in [3.05, 3.63) is 0 Å². The zero-order chi connectivity index (χ0) is 14.9. The monoisotopic (exact) mass is 274 g/mol. The molecule has 0 fully saturated rings. The van der Waals surface area contributed by atoms with E-state index in [0.29, 0.717) is 19.3 Å². The largest absolute Gasteiger partial charge is 0.466 e. The smallest absolute Gasteiger partial charge is 0.339 e. The Balaban J connectivity index is 5.24. The van der Waals surface area contributed by atoms with E-state index in [2.05, 4.69) is 0 Å². The molecule has 0 bridgehead atoms. The maximum Gasteiger partial charge on any atom is 0.339 e. The Bertz CT molecular complexity index is 290. The van der Waals surface area contributed by atoms with E-state index in [0.717, 1.165) is 0 Å². The first-order chi connectivity index (χ1) is 8.97. The van der Waals surface area contributed by atoms with E-state index in [1.807, 2.05) is 13.8 Å². The van der Waals surface area contributed by atoms with Crippen LogP contribution in [0.1, 0.15) is 53.4 Å². The van der Waals surface area contributed by atoms with Crippen molar-refractivity contribution in [2.45, 2.75) is 59.0 Å². The van der Waals surface area contributed by atoms with E-state index in [1.165, 1.54) is 0 Å². The fourth-order valence-electron chi connectivity index (χ4n) is 2.14. The van der Waals surface area contributed by atoms with E-state index < -0.39 is 23.5 Å². The number of hydrogen-bond acceptors (Lipinski definition) is 5. The molecule has 0 aliphatic carbocycles. The van der Waals surface area contributed by atoms with Crippen LogP contribution in [0.2, 0.25) is 0 Å². The first-order valence-electron chi connectivity index (χ1n) is 7.04. The summed E-state index contributed by atoms with van der Waals surface area (Å²) in [6.07, 6.45) is 1.84. The Labute approximate surface area is 115 Å². The highest BCUT2D eigenvalue weighted by atomic mass is 16.6. The molecule has 0 rings (SSSR count). The van der Waals surface area contributed by atoms with Crippen LogP contribution in [0.15, 0.2) is 0 Å². The quantitative estimate of drug-likeness (QED) is 0.651. The van der Waals surface area contributed by atoms with E-state index in [1.54, 1.807) is 13.8 Å². The zero-order valence-corrected chi connectivity index (χ0v) is 12.4. The van der Waals surface area contributed by atoms with Gasteiger partial charge >= 0.3 is 11.9 Å².